The van der Waals surface area contributed by atoms with Crippen LogP contribution in [0.25, 0.3) is 0 Å². The molecule has 0 aliphatic carbocycles. The molecule has 0 bridgehead atoms. The van der Waals surface area contributed by atoms with Gasteiger partial charge in [0.05, 0.1) is 12.6 Å². The molecular weight excluding hydrogens is 360 g/mol. The van der Waals surface area contributed by atoms with Crippen LogP contribution in [0.4, 0.5) is 0 Å². The molecule has 2 rings (SSSR count). The summed E-state index contributed by atoms with van der Waals surface area (Å²) >= 11 is 0. The number of aliphatic hydroxyl groups is 1. The number of nitrogens with two attached hydrogens (primary N) is 1. The lowest BCUT2D eigenvalue weighted by molar-refractivity contribution is -0.159. The molecule has 1 aliphatic heterocycles. The minimum Gasteiger partial charge on any atom is -0.483 e. The van der Waals surface area contributed by atoms with Gasteiger partial charge in [-0.05, 0) is 39.1 Å². The van der Waals surface area contributed by atoms with E-state index in [1.165, 1.54) is 0 Å². The summed E-state index contributed by atoms with van der Waals surface area (Å²) in [5.74, 6) is 0.265. The predicted octanol–water partition coefficient (Wildman–Crippen LogP) is -0.172. The van der Waals surface area contributed by atoms with E-state index in [2.05, 4.69) is 0 Å². The normalized spacial score (nSPS) is 15.2. The average Bonchev–Trinajstić information content (AvgIpc) is 3.13. The van der Waals surface area contributed by atoms with Crippen LogP contribution in [0.1, 0.15) is 24.2 Å². The lowest BCUT2D eigenvalue weighted by atomic mass is 10.0. The minimum atomic E-state index is -1.10. The van der Waals surface area contributed by atoms with Crippen molar-refractivity contribution in [2.45, 2.75) is 32.2 Å². The second kappa shape index (κ2) is 10.5. The molecule has 150 valence electrons. The number of esters is 1. The van der Waals surface area contributed by atoms with E-state index >= 15 is 0 Å². The van der Waals surface area contributed by atoms with Crippen molar-refractivity contribution < 1.29 is 38.8 Å². The zero-order valence-corrected chi connectivity index (χ0v) is 15.3. The topological polar surface area (TPSA) is 149 Å². The monoisotopic (exact) mass is 384 g/mol. The molecule has 3 unspecified atom stereocenters. The van der Waals surface area contributed by atoms with E-state index < -0.39 is 30.9 Å². The van der Waals surface area contributed by atoms with Gasteiger partial charge in [-0.25, -0.2) is 0 Å². The largest absolute Gasteiger partial charge is 0.483 e. The number of ether oxygens (including phenoxy) is 3. The van der Waals surface area contributed by atoms with Crippen molar-refractivity contribution in [3.63, 3.8) is 0 Å². The Kier molecular flexibility index (Phi) is 8.66. The van der Waals surface area contributed by atoms with Gasteiger partial charge >= 0.3 is 5.97 Å². The van der Waals surface area contributed by atoms with Gasteiger partial charge in [-0.15, -0.1) is 0 Å². The van der Waals surface area contributed by atoms with E-state index in [1.54, 1.807) is 44.0 Å². The Morgan fingerprint density at radius 3 is 2.52 bits per heavy atom. The highest BCUT2D eigenvalue weighted by molar-refractivity contribution is 6.00. The number of carboxylic acid groups (broad SMARTS) is 1. The highest BCUT2D eigenvalue weighted by atomic mass is 16.7. The fourth-order valence-electron chi connectivity index (χ4n) is 2.20. The van der Waals surface area contributed by atoms with Crippen molar-refractivity contribution in [3.8, 4) is 11.5 Å². The third-order valence-electron chi connectivity index (χ3n) is 4.01. The van der Waals surface area contributed by atoms with Gasteiger partial charge in [0.1, 0.15) is 6.04 Å². The Balaban J connectivity index is 0.00000114. The molecule has 1 heterocycles. The summed E-state index contributed by atoms with van der Waals surface area (Å²) in [7, 11) is 1.66. The molecule has 4 N–H and O–H groups in total. The summed E-state index contributed by atoms with van der Waals surface area (Å²) in [5, 5.41) is 15.8. The minimum absolute atomic E-state index is 0.139. The van der Waals surface area contributed by atoms with Crippen LogP contribution in [0.2, 0.25) is 0 Å². The van der Waals surface area contributed by atoms with Gasteiger partial charge < -0.3 is 30.2 Å². The highest BCUT2D eigenvalue weighted by Crippen LogP contribution is 2.33. The SMILES string of the molecule is CC(OC(=O)C(N)CO)N(C)C(C)C(=O)c1ccc2c(c1)OCO2.O=CO. The van der Waals surface area contributed by atoms with Crippen molar-refractivity contribution in [1.29, 1.82) is 0 Å². The van der Waals surface area contributed by atoms with Gasteiger partial charge in [-0.2, -0.15) is 0 Å². The van der Waals surface area contributed by atoms with Crippen LogP contribution in [0.15, 0.2) is 18.2 Å². The maximum absolute atomic E-state index is 12.6. The van der Waals surface area contributed by atoms with Crippen LogP contribution in [0.5, 0.6) is 11.5 Å². The first-order valence-electron chi connectivity index (χ1n) is 8.07. The Morgan fingerprint density at radius 2 is 1.93 bits per heavy atom. The van der Waals surface area contributed by atoms with E-state index in [0.717, 1.165) is 0 Å². The van der Waals surface area contributed by atoms with E-state index in [0.29, 0.717) is 17.1 Å². The number of likely N-dealkylation sites (N-methyl/N-ethyl adjacent to an activating group) is 1. The van der Waals surface area contributed by atoms with Gasteiger partial charge in [0.15, 0.2) is 23.5 Å². The van der Waals surface area contributed by atoms with Crippen molar-refractivity contribution in [2.24, 2.45) is 5.73 Å². The molecule has 3 atom stereocenters. The second-order valence-corrected chi connectivity index (χ2v) is 5.70. The quantitative estimate of drug-likeness (QED) is 0.250. The fraction of sp³-hybridized carbons (Fsp3) is 0.471. The van der Waals surface area contributed by atoms with Crippen molar-refractivity contribution in [3.05, 3.63) is 23.8 Å². The predicted molar refractivity (Wildman–Crippen MR) is 93.4 cm³/mol. The van der Waals surface area contributed by atoms with E-state index in [1.807, 2.05) is 0 Å². The lowest BCUT2D eigenvalue weighted by Crippen LogP contribution is -2.46. The molecule has 0 saturated carbocycles. The molecule has 0 aromatic heterocycles. The first-order valence-corrected chi connectivity index (χ1v) is 8.07. The van der Waals surface area contributed by atoms with Crippen molar-refractivity contribution >= 4 is 18.2 Å². The summed E-state index contributed by atoms with van der Waals surface area (Å²) in [6, 6.07) is 3.34. The van der Waals surface area contributed by atoms with Crippen LogP contribution in [-0.2, 0) is 14.3 Å². The average molecular weight is 384 g/mol. The Hall–Kier alpha value is -2.69. The van der Waals surface area contributed by atoms with E-state index in [-0.39, 0.29) is 19.0 Å². The molecular formula is C17H24N2O8. The van der Waals surface area contributed by atoms with Crippen molar-refractivity contribution in [1.82, 2.24) is 4.90 Å². The lowest BCUT2D eigenvalue weighted by Gasteiger charge is -2.30. The van der Waals surface area contributed by atoms with Gasteiger partial charge in [0, 0.05) is 5.56 Å². The molecule has 0 amide bonds. The fourth-order valence-corrected chi connectivity index (χ4v) is 2.20. The Morgan fingerprint density at radius 1 is 1.33 bits per heavy atom. The maximum atomic E-state index is 12.6. The zero-order chi connectivity index (χ0) is 20.6. The number of aliphatic hydroxyl groups excluding tert-OH is 1. The van der Waals surface area contributed by atoms with Gasteiger partial charge in [-0.3, -0.25) is 19.3 Å². The first-order chi connectivity index (χ1) is 12.8. The van der Waals surface area contributed by atoms with Gasteiger partial charge in [0.2, 0.25) is 6.79 Å². The van der Waals surface area contributed by atoms with Crippen LogP contribution >= 0.6 is 0 Å². The van der Waals surface area contributed by atoms with Crippen LogP contribution in [0, 0.1) is 0 Å². The molecule has 0 spiro atoms. The van der Waals surface area contributed by atoms with Crippen LogP contribution in [0.3, 0.4) is 0 Å². The molecule has 10 nitrogen and oxygen atoms in total. The van der Waals surface area contributed by atoms with Crippen molar-refractivity contribution in [2.75, 3.05) is 20.4 Å². The number of ketones is 1. The molecule has 0 radical (unpaired) electrons. The smallest absolute Gasteiger partial charge is 0.326 e. The van der Waals surface area contributed by atoms with Gasteiger partial charge in [0.25, 0.3) is 6.47 Å². The molecule has 1 aromatic carbocycles. The molecule has 27 heavy (non-hydrogen) atoms. The molecule has 0 fully saturated rings. The third-order valence-corrected chi connectivity index (χ3v) is 4.01. The summed E-state index contributed by atoms with van der Waals surface area (Å²) in [5.41, 5.74) is 5.88. The number of benzene rings is 1. The molecule has 0 saturated heterocycles. The zero-order valence-electron chi connectivity index (χ0n) is 15.3. The summed E-state index contributed by atoms with van der Waals surface area (Å²) in [6.45, 7) is 2.73. The third kappa shape index (κ3) is 5.91. The summed E-state index contributed by atoms with van der Waals surface area (Å²) < 4.78 is 15.6. The summed E-state index contributed by atoms with van der Waals surface area (Å²) in [6.07, 6.45) is -0.678. The number of fused-ring (bicyclic) bond motifs is 1. The van der Waals surface area contributed by atoms with Crippen LogP contribution in [-0.4, -0.2) is 72.1 Å². The van der Waals surface area contributed by atoms with E-state index in [9.17, 15) is 9.59 Å². The highest BCUT2D eigenvalue weighted by Gasteiger charge is 2.28. The van der Waals surface area contributed by atoms with Gasteiger partial charge in [-0.1, -0.05) is 0 Å². The van der Waals surface area contributed by atoms with Crippen LogP contribution < -0.4 is 15.2 Å². The Bertz CT molecular complexity index is 666. The number of nitrogens with zero attached hydrogens (tertiary/aromatic N) is 1. The van der Waals surface area contributed by atoms with E-state index in [4.69, 9.17) is 35.0 Å². The first kappa shape index (κ1) is 22.4. The maximum Gasteiger partial charge on any atom is 0.326 e. The number of hydrogen-bond acceptors (Lipinski definition) is 9. The molecule has 1 aromatic rings. The second-order valence-electron chi connectivity index (χ2n) is 5.70. The number of carbonyl (C=O) groups is 3. The number of rotatable bonds is 7. The standard InChI is InChI=1S/C16H22N2O6.CH2O2/c1-9(18(3)10(2)24-16(21)12(17)7-19)15(20)11-4-5-13-14(6-11)23-8-22-13;2-1-3/h4-6,9-10,12,19H,7-8,17H2,1-3H3;1H,(H,2,3). The molecule has 1 aliphatic rings. The number of Topliss-reactive ketones (excluding diaryl/α,β-unsaturated/α-hetero) is 1. The summed E-state index contributed by atoms with van der Waals surface area (Å²) in [4.78, 5) is 34.2. The number of hydrogen-bond donors (Lipinski definition) is 3. The Labute approximate surface area is 156 Å². The molecule has 10 heteroatoms. The number of carbonyl (C=O) groups excluding carboxylic acids is 2.